The van der Waals surface area contributed by atoms with Crippen LogP contribution in [0, 0.1) is 10.1 Å². The van der Waals surface area contributed by atoms with Crippen LogP contribution in [0.1, 0.15) is 11.1 Å². The van der Waals surface area contributed by atoms with E-state index < -0.39 is 4.92 Å². The number of benzene rings is 4. The van der Waals surface area contributed by atoms with E-state index in [1.54, 1.807) is 30.3 Å². The van der Waals surface area contributed by atoms with E-state index in [0.29, 0.717) is 29.6 Å². The van der Waals surface area contributed by atoms with Gasteiger partial charge in [-0.3, -0.25) is 10.1 Å². The highest BCUT2D eigenvalue weighted by Gasteiger charge is 2.20. The van der Waals surface area contributed by atoms with Crippen LogP contribution in [-0.2, 0) is 18.0 Å². The quantitative estimate of drug-likeness (QED) is 0.0775. The van der Waals surface area contributed by atoms with E-state index >= 15 is 0 Å². The number of ether oxygens (including phenoxy) is 6. The summed E-state index contributed by atoms with van der Waals surface area (Å²) >= 11 is 0. The topological polar surface area (TPSA) is 98.5 Å². The minimum atomic E-state index is -0.489. The fourth-order valence-corrected chi connectivity index (χ4v) is 3.64. The monoisotopic (exact) mass is 531 g/mol. The first-order valence-electron chi connectivity index (χ1n) is 12.3. The lowest BCUT2D eigenvalue weighted by atomic mass is 10.2. The van der Waals surface area contributed by atoms with Gasteiger partial charge in [0.25, 0.3) is 0 Å². The van der Waals surface area contributed by atoms with Crippen molar-refractivity contribution in [1.82, 2.24) is 0 Å². The van der Waals surface area contributed by atoms with Gasteiger partial charge in [-0.2, -0.15) is 0 Å². The Morgan fingerprint density at radius 3 is 1.72 bits per heavy atom. The first-order valence-corrected chi connectivity index (χ1v) is 12.3. The largest absolute Gasteiger partial charge is 0.486 e. The van der Waals surface area contributed by atoms with Crippen molar-refractivity contribution in [2.75, 3.05) is 27.1 Å². The Labute approximate surface area is 226 Å². The molecule has 0 unspecified atom stereocenters. The molecule has 0 spiro atoms. The van der Waals surface area contributed by atoms with Crippen LogP contribution in [0.4, 0.5) is 5.69 Å². The summed E-state index contributed by atoms with van der Waals surface area (Å²) in [6.45, 7) is 0.720. The molecule has 0 aliphatic carbocycles. The SMILES string of the molecule is COCOc1c(OCCOc2ccccc2[N+](=O)[O-])ccc(OCc2ccccc2)c1OCc1ccccc1. The van der Waals surface area contributed by atoms with Crippen LogP contribution in [0.15, 0.2) is 97.1 Å². The number of methoxy groups -OCH3 is 1. The summed E-state index contributed by atoms with van der Waals surface area (Å²) in [5.41, 5.74) is 1.85. The van der Waals surface area contributed by atoms with Gasteiger partial charge in [-0.1, -0.05) is 72.8 Å². The fourth-order valence-electron chi connectivity index (χ4n) is 3.64. The number of nitrogens with zero attached hydrogens (tertiary/aromatic N) is 1. The van der Waals surface area contributed by atoms with Gasteiger partial charge in [0.15, 0.2) is 24.0 Å². The fraction of sp³-hybridized carbons (Fsp3) is 0.200. The van der Waals surface area contributed by atoms with Gasteiger partial charge < -0.3 is 28.4 Å². The van der Waals surface area contributed by atoms with Gasteiger partial charge in [-0.25, -0.2) is 0 Å². The standard InChI is InChI=1S/C30H29NO8/c1-34-22-39-30-27(36-19-18-35-26-15-9-8-14-25(26)31(32)33)16-17-28(37-20-23-10-4-2-5-11-23)29(30)38-21-24-12-6-3-7-13-24/h2-17H,18-22H2,1H3. The van der Waals surface area contributed by atoms with E-state index in [-0.39, 0.29) is 38.1 Å². The highest BCUT2D eigenvalue weighted by Crippen LogP contribution is 2.45. The van der Waals surface area contributed by atoms with Crippen LogP contribution < -0.4 is 23.7 Å². The van der Waals surface area contributed by atoms with Crippen molar-refractivity contribution < 1.29 is 33.3 Å². The minimum absolute atomic E-state index is 0.0487. The molecule has 0 atom stereocenters. The second-order valence-corrected chi connectivity index (χ2v) is 8.24. The summed E-state index contributed by atoms with van der Waals surface area (Å²) in [6.07, 6.45) is 0. The Balaban J connectivity index is 1.53. The van der Waals surface area contributed by atoms with Crippen molar-refractivity contribution in [1.29, 1.82) is 0 Å². The van der Waals surface area contributed by atoms with Crippen LogP contribution >= 0.6 is 0 Å². The van der Waals surface area contributed by atoms with Crippen molar-refractivity contribution in [3.63, 3.8) is 0 Å². The zero-order chi connectivity index (χ0) is 27.3. The van der Waals surface area contributed by atoms with Crippen LogP contribution in [0.25, 0.3) is 0 Å². The summed E-state index contributed by atoms with van der Waals surface area (Å²) < 4.78 is 34.9. The third-order valence-corrected chi connectivity index (χ3v) is 5.48. The van der Waals surface area contributed by atoms with Crippen LogP contribution in [0.5, 0.6) is 28.7 Å². The molecule has 0 amide bonds. The molecule has 0 N–H and O–H groups in total. The van der Waals surface area contributed by atoms with E-state index in [1.807, 2.05) is 60.7 Å². The van der Waals surface area contributed by atoms with Gasteiger partial charge in [-0.15, -0.1) is 0 Å². The number of hydrogen-bond acceptors (Lipinski definition) is 8. The number of nitro benzene ring substituents is 1. The zero-order valence-electron chi connectivity index (χ0n) is 21.5. The minimum Gasteiger partial charge on any atom is -0.486 e. The predicted octanol–water partition coefficient (Wildman–Crippen LogP) is 6.19. The Hall–Kier alpha value is -4.76. The number of hydrogen-bond donors (Lipinski definition) is 0. The van der Waals surface area contributed by atoms with Crippen molar-refractivity contribution in [3.8, 4) is 28.7 Å². The van der Waals surface area contributed by atoms with Gasteiger partial charge >= 0.3 is 5.69 Å². The molecule has 0 radical (unpaired) electrons. The summed E-state index contributed by atoms with van der Waals surface area (Å²) in [5.74, 6) is 1.70. The lowest BCUT2D eigenvalue weighted by molar-refractivity contribution is -0.385. The van der Waals surface area contributed by atoms with E-state index in [4.69, 9.17) is 28.4 Å². The average molecular weight is 532 g/mol. The molecule has 0 heterocycles. The summed E-state index contributed by atoms with van der Waals surface area (Å²) in [5, 5.41) is 11.2. The smallest absolute Gasteiger partial charge is 0.310 e. The van der Waals surface area contributed by atoms with Gasteiger partial charge in [0.1, 0.15) is 26.4 Å². The molecular formula is C30H29NO8. The molecule has 9 heteroatoms. The highest BCUT2D eigenvalue weighted by atomic mass is 16.7. The van der Waals surface area contributed by atoms with E-state index in [2.05, 4.69) is 0 Å². The predicted molar refractivity (Wildman–Crippen MR) is 145 cm³/mol. The molecule has 0 fully saturated rings. The third kappa shape index (κ3) is 7.86. The molecule has 9 nitrogen and oxygen atoms in total. The molecule has 202 valence electrons. The van der Waals surface area contributed by atoms with Crippen LogP contribution in [-0.4, -0.2) is 32.0 Å². The van der Waals surface area contributed by atoms with Gasteiger partial charge in [0.2, 0.25) is 11.5 Å². The number of rotatable bonds is 15. The van der Waals surface area contributed by atoms with Crippen molar-refractivity contribution in [3.05, 3.63) is 118 Å². The molecule has 0 aliphatic rings. The van der Waals surface area contributed by atoms with Crippen molar-refractivity contribution in [2.45, 2.75) is 13.2 Å². The molecule has 0 saturated carbocycles. The number of para-hydroxylation sites is 2. The van der Waals surface area contributed by atoms with Gasteiger partial charge in [0, 0.05) is 13.2 Å². The van der Waals surface area contributed by atoms with Gasteiger partial charge in [-0.05, 0) is 29.3 Å². The molecule has 4 aromatic rings. The second kappa shape index (κ2) is 14.3. The molecule has 0 bridgehead atoms. The maximum atomic E-state index is 11.2. The van der Waals surface area contributed by atoms with Crippen LogP contribution in [0.3, 0.4) is 0 Å². The Bertz CT molecular complexity index is 1330. The lowest BCUT2D eigenvalue weighted by Gasteiger charge is -2.20. The maximum absolute atomic E-state index is 11.2. The molecule has 0 aromatic heterocycles. The van der Waals surface area contributed by atoms with Crippen molar-refractivity contribution in [2.24, 2.45) is 0 Å². The Morgan fingerprint density at radius 2 is 1.10 bits per heavy atom. The van der Waals surface area contributed by atoms with Crippen LogP contribution in [0.2, 0.25) is 0 Å². The molecule has 4 aromatic carbocycles. The lowest BCUT2D eigenvalue weighted by Crippen LogP contribution is -2.12. The van der Waals surface area contributed by atoms with E-state index in [0.717, 1.165) is 11.1 Å². The summed E-state index contributed by atoms with van der Waals surface area (Å²) in [4.78, 5) is 10.7. The third-order valence-electron chi connectivity index (χ3n) is 5.48. The van der Waals surface area contributed by atoms with E-state index in [1.165, 1.54) is 13.2 Å². The molecule has 4 rings (SSSR count). The average Bonchev–Trinajstić information content (AvgIpc) is 2.98. The Kier molecular flexibility index (Phi) is 9.97. The number of nitro groups is 1. The summed E-state index contributed by atoms with van der Waals surface area (Å²) in [7, 11) is 1.52. The van der Waals surface area contributed by atoms with Gasteiger partial charge in [0.05, 0.1) is 4.92 Å². The second-order valence-electron chi connectivity index (χ2n) is 8.24. The zero-order valence-corrected chi connectivity index (χ0v) is 21.5. The normalized spacial score (nSPS) is 10.5. The van der Waals surface area contributed by atoms with E-state index in [9.17, 15) is 10.1 Å². The first kappa shape index (κ1) is 27.3. The molecule has 39 heavy (non-hydrogen) atoms. The first-order chi connectivity index (χ1) is 19.2. The Morgan fingerprint density at radius 1 is 0.590 bits per heavy atom. The molecular weight excluding hydrogens is 502 g/mol. The maximum Gasteiger partial charge on any atom is 0.310 e. The van der Waals surface area contributed by atoms with Crippen molar-refractivity contribution >= 4 is 5.69 Å². The molecule has 0 aliphatic heterocycles. The molecule has 0 saturated heterocycles. The summed E-state index contributed by atoms with van der Waals surface area (Å²) in [6, 6.07) is 29.2. The highest BCUT2D eigenvalue weighted by molar-refractivity contribution is 5.59.